The van der Waals surface area contributed by atoms with Crippen LogP contribution in [0.2, 0.25) is 5.02 Å². The summed E-state index contributed by atoms with van der Waals surface area (Å²) in [6.45, 7) is 3.86. The summed E-state index contributed by atoms with van der Waals surface area (Å²) in [5, 5.41) is 12.0. The van der Waals surface area contributed by atoms with Crippen LogP contribution < -0.4 is 5.32 Å². The van der Waals surface area contributed by atoms with Gasteiger partial charge >= 0.3 is 12.0 Å². The zero-order valence-electron chi connectivity index (χ0n) is 12.8. The summed E-state index contributed by atoms with van der Waals surface area (Å²) in [5.74, 6) is -0.950. The van der Waals surface area contributed by atoms with E-state index in [0.29, 0.717) is 16.9 Å². The molecule has 3 aromatic rings. The first kappa shape index (κ1) is 16.1. The van der Waals surface area contributed by atoms with Crippen LogP contribution in [0.25, 0.3) is 11.2 Å². The topological polar surface area (TPSA) is 92.9 Å². The highest BCUT2D eigenvalue weighted by Gasteiger charge is 2.16. The summed E-state index contributed by atoms with van der Waals surface area (Å²) < 4.78 is 15.5. The fourth-order valence-corrected chi connectivity index (χ4v) is 2.52. The molecule has 0 saturated heterocycles. The lowest BCUT2D eigenvalue weighted by molar-refractivity contribution is 0.0697. The minimum absolute atomic E-state index is 0.0229. The first-order chi connectivity index (χ1) is 11.4. The van der Waals surface area contributed by atoms with E-state index in [1.807, 2.05) is 13.8 Å². The smallest absolute Gasteiger partial charge is 0.337 e. The minimum atomic E-state index is -1.13. The number of benzene rings is 1. The molecule has 0 fully saturated rings. The Morgan fingerprint density at radius 2 is 2.12 bits per heavy atom. The van der Waals surface area contributed by atoms with Gasteiger partial charge < -0.3 is 15.0 Å². The maximum absolute atomic E-state index is 13.8. The van der Waals surface area contributed by atoms with Crippen molar-refractivity contribution in [1.82, 2.24) is 19.5 Å². The number of hydrogen-bond acceptors (Lipinski definition) is 5. The van der Waals surface area contributed by atoms with E-state index in [9.17, 15) is 9.18 Å². The van der Waals surface area contributed by atoms with Crippen LogP contribution in [0, 0.1) is 6.08 Å². The van der Waals surface area contributed by atoms with Gasteiger partial charge in [-0.1, -0.05) is 11.6 Å². The molecule has 0 saturated carbocycles. The number of aromatic carboxylic acids is 1. The van der Waals surface area contributed by atoms with Crippen LogP contribution in [-0.2, 0) is 0 Å². The van der Waals surface area contributed by atoms with E-state index >= 15 is 0 Å². The lowest BCUT2D eigenvalue weighted by Gasteiger charge is -2.09. The van der Waals surface area contributed by atoms with Crippen molar-refractivity contribution in [3.8, 4) is 0 Å². The number of rotatable bonds is 4. The first-order valence-electron chi connectivity index (χ1n) is 7.06. The van der Waals surface area contributed by atoms with Crippen molar-refractivity contribution in [2.45, 2.75) is 19.9 Å². The van der Waals surface area contributed by atoms with E-state index in [2.05, 4.69) is 20.3 Å². The molecule has 0 atom stereocenters. The molecule has 0 spiro atoms. The predicted molar refractivity (Wildman–Crippen MR) is 87.4 cm³/mol. The maximum atomic E-state index is 13.8. The quantitative estimate of drug-likeness (QED) is 0.698. The van der Waals surface area contributed by atoms with Crippen molar-refractivity contribution in [2.75, 3.05) is 5.32 Å². The Hall–Kier alpha value is -2.74. The standard InChI is InChI=1S/C15H13ClFN5O2/c1-7(2)22-6-18-11-12(20-15(17)21-13(11)22)19-8-3-4-9(14(23)24)10(16)5-8/h3-7H,1-2H3,(H,23,24)(H,19,20,21). The van der Waals surface area contributed by atoms with Crippen LogP contribution in [-0.4, -0.2) is 30.6 Å². The van der Waals surface area contributed by atoms with Crippen molar-refractivity contribution in [1.29, 1.82) is 0 Å². The van der Waals surface area contributed by atoms with Gasteiger partial charge in [0.1, 0.15) is 0 Å². The Morgan fingerprint density at radius 3 is 2.75 bits per heavy atom. The Kier molecular flexibility index (Phi) is 4.06. The van der Waals surface area contributed by atoms with E-state index < -0.39 is 12.0 Å². The first-order valence-corrected chi connectivity index (χ1v) is 7.44. The molecule has 7 nitrogen and oxygen atoms in total. The summed E-state index contributed by atoms with van der Waals surface area (Å²) in [5.41, 5.74) is 1.21. The molecule has 0 unspecified atom stereocenters. The van der Waals surface area contributed by atoms with Gasteiger partial charge in [0.05, 0.1) is 16.9 Å². The Bertz CT molecular complexity index is 941. The van der Waals surface area contributed by atoms with Crippen LogP contribution >= 0.6 is 11.6 Å². The van der Waals surface area contributed by atoms with E-state index in [1.54, 1.807) is 10.9 Å². The molecule has 0 radical (unpaired) electrons. The second-order valence-electron chi connectivity index (χ2n) is 5.38. The fourth-order valence-electron chi connectivity index (χ4n) is 2.26. The fraction of sp³-hybridized carbons (Fsp3) is 0.200. The summed E-state index contributed by atoms with van der Waals surface area (Å²) in [6, 6.07) is 4.35. The highest BCUT2D eigenvalue weighted by atomic mass is 35.5. The van der Waals surface area contributed by atoms with Crippen molar-refractivity contribution >= 4 is 40.2 Å². The highest BCUT2D eigenvalue weighted by molar-refractivity contribution is 6.33. The van der Waals surface area contributed by atoms with Gasteiger partial charge in [-0.3, -0.25) is 0 Å². The summed E-state index contributed by atoms with van der Waals surface area (Å²) >= 11 is 5.94. The lowest BCUT2D eigenvalue weighted by atomic mass is 10.2. The summed E-state index contributed by atoms with van der Waals surface area (Å²) in [6.07, 6.45) is 0.676. The average Bonchev–Trinajstić information content (AvgIpc) is 2.90. The highest BCUT2D eigenvalue weighted by Crippen LogP contribution is 2.27. The van der Waals surface area contributed by atoms with Crippen LogP contribution in [0.15, 0.2) is 24.5 Å². The molecule has 2 N–H and O–H groups in total. The third-order valence-electron chi connectivity index (χ3n) is 3.41. The molecular formula is C15H13ClFN5O2. The van der Waals surface area contributed by atoms with Gasteiger partial charge in [-0.15, -0.1) is 0 Å². The number of aromatic nitrogens is 4. The van der Waals surface area contributed by atoms with E-state index in [-0.39, 0.29) is 22.4 Å². The van der Waals surface area contributed by atoms with Gasteiger partial charge in [0.15, 0.2) is 17.0 Å². The van der Waals surface area contributed by atoms with Gasteiger partial charge in [-0.2, -0.15) is 14.4 Å². The molecule has 0 amide bonds. The van der Waals surface area contributed by atoms with Gasteiger partial charge in [-0.05, 0) is 32.0 Å². The van der Waals surface area contributed by atoms with Crippen molar-refractivity contribution in [3.63, 3.8) is 0 Å². The number of halogens is 2. The number of anilines is 2. The number of hydrogen-bond donors (Lipinski definition) is 2. The molecule has 24 heavy (non-hydrogen) atoms. The van der Waals surface area contributed by atoms with Crippen molar-refractivity contribution in [3.05, 3.63) is 41.2 Å². The molecule has 0 aliphatic heterocycles. The van der Waals surface area contributed by atoms with Crippen molar-refractivity contribution < 1.29 is 14.3 Å². The van der Waals surface area contributed by atoms with Crippen LogP contribution in [0.4, 0.5) is 15.9 Å². The number of carbonyl (C=O) groups is 1. The molecule has 9 heteroatoms. The number of carboxylic acids is 1. The Labute approximate surface area is 141 Å². The molecule has 1 aromatic carbocycles. The number of carboxylic acid groups (broad SMARTS) is 1. The second kappa shape index (κ2) is 6.04. The Morgan fingerprint density at radius 1 is 1.38 bits per heavy atom. The second-order valence-corrected chi connectivity index (χ2v) is 5.79. The summed E-state index contributed by atoms with van der Waals surface area (Å²) in [4.78, 5) is 22.7. The average molecular weight is 350 g/mol. The van der Waals surface area contributed by atoms with Gasteiger partial charge in [-0.25, -0.2) is 9.78 Å². The zero-order chi connectivity index (χ0) is 17.4. The number of fused-ring (bicyclic) bond motifs is 1. The van der Waals surface area contributed by atoms with Crippen LogP contribution in [0.5, 0.6) is 0 Å². The molecule has 2 aromatic heterocycles. The SMILES string of the molecule is CC(C)n1cnc2c(Nc3ccc(C(=O)O)c(Cl)c3)nc(F)nc21. The maximum Gasteiger partial charge on any atom is 0.337 e. The molecule has 3 rings (SSSR count). The molecule has 0 bridgehead atoms. The van der Waals surface area contributed by atoms with Gasteiger partial charge in [0, 0.05) is 11.7 Å². The van der Waals surface area contributed by atoms with Crippen LogP contribution in [0.1, 0.15) is 30.2 Å². The number of nitrogens with one attached hydrogen (secondary N) is 1. The van der Waals surface area contributed by atoms with Gasteiger partial charge in [0.25, 0.3) is 0 Å². The van der Waals surface area contributed by atoms with E-state index in [0.717, 1.165) is 0 Å². The lowest BCUT2D eigenvalue weighted by Crippen LogP contribution is -2.04. The molecular weight excluding hydrogens is 337 g/mol. The monoisotopic (exact) mass is 349 g/mol. The molecule has 124 valence electrons. The largest absolute Gasteiger partial charge is 0.478 e. The minimum Gasteiger partial charge on any atom is -0.478 e. The number of imidazole rings is 1. The van der Waals surface area contributed by atoms with Crippen LogP contribution in [0.3, 0.4) is 0 Å². The molecule has 0 aliphatic carbocycles. The third kappa shape index (κ3) is 2.88. The van der Waals surface area contributed by atoms with E-state index in [4.69, 9.17) is 16.7 Å². The van der Waals surface area contributed by atoms with Crippen molar-refractivity contribution in [2.24, 2.45) is 0 Å². The molecule has 0 aliphatic rings. The Balaban J connectivity index is 2.04. The number of nitrogens with zero attached hydrogens (tertiary/aromatic N) is 4. The third-order valence-corrected chi connectivity index (χ3v) is 3.73. The molecule has 2 heterocycles. The van der Waals surface area contributed by atoms with E-state index in [1.165, 1.54) is 18.2 Å². The van der Waals surface area contributed by atoms with Gasteiger partial charge in [0.2, 0.25) is 0 Å². The normalized spacial score (nSPS) is 11.2. The zero-order valence-corrected chi connectivity index (χ0v) is 13.5. The predicted octanol–water partition coefficient (Wildman–Crippen LogP) is 3.64. The summed E-state index contributed by atoms with van der Waals surface area (Å²) in [7, 11) is 0.